The largest absolute Gasteiger partial charge is 0.486 e. The third-order valence-corrected chi connectivity index (χ3v) is 4.64. The Morgan fingerprint density at radius 2 is 1.92 bits per heavy atom. The quantitative estimate of drug-likeness (QED) is 0.749. The standard InChI is InChI=1S/C19H27NO4/c1-14(2)22-10-9-20-7-5-15(6-8-20)19(21)16-3-4-17-18(13-16)24-12-11-23-17/h3-4,13-15H,5-12H2,1-2H3. The lowest BCUT2D eigenvalue weighted by Gasteiger charge is -2.31. The Morgan fingerprint density at radius 1 is 1.21 bits per heavy atom. The Balaban J connectivity index is 1.52. The summed E-state index contributed by atoms with van der Waals surface area (Å²) in [6.07, 6.45) is 2.10. The van der Waals surface area contributed by atoms with Gasteiger partial charge < -0.3 is 19.1 Å². The third-order valence-electron chi connectivity index (χ3n) is 4.64. The van der Waals surface area contributed by atoms with Crippen LogP contribution in [0.2, 0.25) is 0 Å². The minimum Gasteiger partial charge on any atom is -0.486 e. The smallest absolute Gasteiger partial charge is 0.166 e. The summed E-state index contributed by atoms with van der Waals surface area (Å²) < 4.78 is 16.7. The van der Waals surface area contributed by atoms with Crippen LogP contribution in [0, 0.1) is 5.92 Å². The SMILES string of the molecule is CC(C)OCCN1CCC(C(=O)c2ccc3c(c2)OCCO3)CC1. The second kappa shape index (κ2) is 7.99. The van der Waals surface area contributed by atoms with E-state index in [-0.39, 0.29) is 17.8 Å². The van der Waals surface area contributed by atoms with E-state index in [1.165, 1.54) is 0 Å². The minimum absolute atomic E-state index is 0.106. The Hall–Kier alpha value is -1.59. The highest BCUT2D eigenvalue weighted by Gasteiger charge is 2.26. The summed E-state index contributed by atoms with van der Waals surface area (Å²) in [5.41, 5.74) is 0.737. The van der Waals surface area contributed by atoms with E-state index in [9.17, 15) is 4.79 Å². The van der Waals surface area contributed by atoms with Gasteiger partial charge in [-0.3, -0.25) is 4.79 Å². The molecule has 5 heteroatoms. The molecule has 24 heavy (non-hydrogen) atoms. The van der Waals surface area contributed by atoms with Gasteiger partial charge in [0.2, 0.25) is 0 Å². The number of carbonyl (C=O) groups excluding carboxylic acids is 1. The van der Waals surface area contributed by atoms with Crippen LogP contribution in [0.25, 0.3) is 0 Å². The van der Waals surface area contributed by atoms with Gasteiger partial charge in [0, 0.05) is 18.0 Å². The second-order valence-corrected chi connectivity index (χ2v) is 6.76. The Bertz CT molecular complexity index is 564. The van der Waals surface area contributed by atoms with Crippen molar-refractivity contribution in [2.75, 3.05) is 39.5 Å². The molecule has 2 heterocycles. The molecule has 5 nitrogen and oxygen atoms in total. The first-order valence-electron chi connectivity index (χ1n) is 8.91. The molecule has 0 radical (unpaired) electrons. The molecular weight excluding hydrogens is 306 g/mol. The number of benzene rings is 1. The van der Waals surface area contributed by atoms with Crippen LogP contribution in [0.15, 0.2) is 18.2 Å². The number of rotatable bonds is 6. The van der Waals surface area contributed by atoms with Gasteiger partial charge in [-0.2, -0.15) is 0 Å². The highest BCUT2D eigenvalue weighted by molar-refractivity contribution is 5.98. The van der Waals surface area contributed by atoms with Crippen molar-refractivity contribution >= 4 is 5.78 Å². The molecular formula is C19H27NO4. The molecule has 2 aliphatic rings. The topological polar surface area (TPSA) is 48.0 Å². The van der Waals surface area contributed by atoms with Crippen molar-refractivity contribution in [3.63, 3.8) is 0 Å². The fraction of sp³-hybridized carbons (Fsp3) is 0.632. The molecule has 2 aliphatic heterocycles. The van der Waals surface area contributed by atoms with Crippen molar-refractivity contribution in [2.24, 2.45) is 5.92 Å². The molecule has 0 amide bonds. The highest BCUT2D eigenvalue weighted by atomic mass is 16.6. The average molecular weight is 333 g/mol. The first-order valence-corrected chi connectivity index (χ1v) is 8.91. The molecule has 1 aromatic carbocycles. The van der Waals surface area contributed by atoms with Gasteiger partial charge in [-0.05, 0) is 58.0 Å². The summed E-state index contributed by atoms with van der Waals surface area (Å²) in [4.78, 5) is 15.1. The molecule has 1 saturated heterocycles. The highest BCUT2D eigenvalue weighted by Crippen LogP contribution is 2.32. The number of ether oxygens (including phenoxy) is 3. The Kier molecular flexibility index (Phi) is 5.74. The summed E-state index contributed by atoms with van der Waals surface area (Å²) in [5, 5.41) is 0. The van der Waals surface area contributed by atoms with Gasteiger partial charge in [0.15, 0.2) is 17.3 Å². The second-order valence-electron chi connectivity index (χ2n) is 6.76. The van der Waals surface area contributed by atoms with Gasteiger partial charge in [-0.25, -0.2) is 0 Å². The van der Waals surface area contributed by atoms with E-state index in [0.717, 1.165) is 50.4 Å². The van der Waals surface area contributed by atoms with Crippen LogP contribution in [0.4, 0.5) is 0 Å². The predicted octanol–water partition coefficient (Wildman–Crippen LogP) is 2.78. The van der Waals surface area contributed by atoms with E-state index in [2.05, 4.69) is 18.7 Å². The lowest BCUT2D eigenvalue weighted by atomic mass is 9.88. The minimum atomic E-state index is 0.106. The number of hydrogen-bond acceptors (Lipinski definition) is 5. The fourth-order valence-electron chi connectivity index (χ4n) is 3.27. The van der Waals surface area contributed by atoms with Crippen molar-refractivity contribution in [3.05, 3.63) is 23.8 Å². The van der Waals surface area contributed by atoms with E-state index in [1.54, 1.807) is 0 Å². The zero-order valence-electron chi connectivity index (χ0n) is 14.6. The van der Waals surface area contributed by atoms with Crippen LogP contribution in [0.5, 0.6) is 11.5 Å². The van der Waals surface area contributed by atoms with Gasteiger partial charge >= 0.3 is 0 Å². The summed E-state index contributed by atoms with van der Waals surface area (Å²) in [5.74, 6) is 1.76. The van der Waals surface area contributed by atoms with Crippen LogP contribution in [0.3, 0.4) is 0 Å². The summed E-state index contributed by atoms with van der Waals surface area (Å²) >= 11 is 0. The number of likely N-dealkylation sites (tertiary alicyclic amines) is 1. The number of piperidine rings is 1. The molecule has 1 aromatic rings. The molecule has 0 spiro atoms. The number of hydrogen-bond donors (Lipinski definition) is 0. The zero-order valence-corrected chi connectivity index (χ0v) is 14.6. The Labute approximate surface area is 143 Å². The maximum Gasteiger partial charge on any atom is 0.166 e. The molecule has 0 aromatic heterocycles. The van der Waals surface area contributed by atoms with Crippen molar-refractivity contribution in [3.8, 4) is 11.5 Å². The molecule has 132 valence electrons. The van der Waals surface area contributed by atoms with E-state index < -0.39 is 0 Å². The summed E-state index contributed by atoms with van der Waals surface area (Å²) in [6.45, 7) is 8.85. The fourth-order valence-corrected chi connectivity index (χ4v) is 3.27. The number of carbonyl (C=O) groups is 1. The van der Waals surface area contributed by atoms with Gasteiger partial charge in [0.1, 0.15) is 13.2 Å². The lowest BCUT2D eigenvalue weighted by Crippen LogP contribution is -2.38. The predicted molar refractivity (Wildman–Crippen MR) is 92.0 cm³/mol. The van der Waals surface area contributed by atoms with Crippen molar-refractivity contribution < 1.29 is 19.0 Å². The molecule has 0 atom stereocenters. The third kappa shape index (κ3) is 4.28. The normalized spacial score (nSPS) is 18.8. The molecule has 0 bridgehead atoms. The first kappa shape index (κ1) is 17.2. The van der Waals surface area contributed by atoms with Crippen LogP contribution >= 0.6 is 0 Å². The number of ketones is 1. The maximum atomic E-state index is 12.8. The van der Waals surface area contributed by atoms with Gasteiger partial charge in [0.05, 0.1) is 12.7 Å². The zero-order chi connectivity index (χ0) is 16.9. The van der Waals surface area contributed by atoms with Crippen molar-refractivity contribution in [1.82, 2.24) is 4.90 Å². The molecule has 1 fully saturated rings. The van der Waals surface area contributed by atoms with Gasteiger partial charge in [-0.1, -0.05) is 0 Å². The summed E-state index contributed by atoms with van der Waals surface area (Å²) in [6, 6.07) is 5.54. The van der Waals surface area contributed by atoms with Gasteiger partial charge in [-0.15, -0.1) is 0 Å². The van der Waals surface area contributed by atoms with Crippen LogP contribution in [-0.4, -0.2) is 56.2 Å². The molecule has 3 rings (SSSR count). The number of fused-ring (bicyclic) bond motifs is 1. The van der Waals surface area contributed by atoms with Crippen molar-refractivity contribution in [2.45, 2.75) is 32.8 Å². The first-order chi connectivity index (χ1) is 11.6. The van der Waals surface area contributed by atoms with Crippen LogP contribution < -0.4 is 9.47 Å². The lowest BCUT2D eigenvalue weighted by molar-refractivity contribution is 0.0495. The monoisotopic (exact) mass is 333 g/mol. The number of Topliss-reactive ketones (excluding diaryl/α,β-unsaturated/α-hetero) is 1. The van der Waals surface area contributed by atoms with Crippen LogP contribution in [-0.2, 0) is 4.74 Å². The maximum absolute atomic E-state index is 12.8. The molecule has 0 unspecified atom stereocenters. The molecule has 0 N–H and O–H groups in total. The van der Waals surface area contributed by atoms with Crippen molar-refractivity contribution in [1.29, 1.82) is 0 Å². The summed E-state index contributed by atoms with van der Waals surface area (Å²) in [7, 11) is 0. The van der Waals surface area contributed by atoms with E-state index in [1.807, 2.05) is 18.2 Å². The number of nitrogens with zero attached hydrogens (tertiary/aromatic N) is 1. The molecule has 0 saturated carbocycles. The van der Waals surface area contributed by atoms with Gasteiger partial charge in [0.25, 0.3) is 0 Å². The average Bonchev–Trinajstić information content (AvgIpc) is 2.61. The van der Waals surface area contributed by atoms with E-state index >= 15 is 0 Å². The van der Waals surface area contributed by atoms with E-state index in [4.69, 9.17) is 14.2 Å². The van der Waals surface area contributed by atoms with E-state index in [0.29, 0.717) is 19.0 Å². The molecule has 0 aliphatic carbocycles. The van der Waals surface area contributed by atoms with Crippen LogP contribution in [0.1, 0.15) is 37.0 Å². The Morgan fingerprint density at radius 3 is 2.62 bits per heavy atom.